The van der Waals surface area contributed by atoms with Crippen LogP contribution in [0.2, 0.25) is 0 Å². The first-order valence-electron chi connectivity index (χ1n) is 9.26. The number of likely N-dealkylation sites (tertiary alicyclic amines) is 1. The van der Waals surface area contributed by atoms with Crippen LogP contribution in [-0.4, -0.2) is 43.8 Å². The van der Waals surface area contributed by atoms with Gasteiger partial charge in [0.05, 0.1) is 11.5 Å². The predicted octanol–water partition coefficient (Wildman–Crippen LogP) is 4.15. The number of nitrogens with zero attached hydrogens (tertiary/aromatic N) is 1. The molecule has 0 spiro atoms. The summed E-state index contributed by atoms with van der Waals surface area (Å²) in [7, 11) is -2.62. The van der Waals surface area contributed by atoms with E-state index in [1.54, 1.807) is 6.92 Å². The van der Waals surface area contributed by atoms with Crippen LogP contribution in [0.5, 0.6) is 0 Å². The second-order valence-electron chi connectivity index (χ2n) is 6.02. The molecule has 2 aliphatic rings. The highest BCUT2D eigenvalue weighted by atomic mass is 32.2. The second-order valence-corrected chi connectivity index (χ2v) is 8.33. The zero-order chi connectivity index (χ0) is 18.5. The highest BCUT2D eigenvalue weighted by molar-refractivity contribution is 7.91. The van der Waals surface area contributed by atoms with Gasteiger partial charge in [-0.25, -0.2) is 8.42 Å². The summed E-state index contributed by atoms with van der Waals surface area (Å²) in [6.45, 7) is 15.9. The average Bonchev–Trinajstić information content (AvgIpc) is 2.55. The molecule has 0 radical (unpaired) electrons. The maximum absolute atomic E-state index is 10.8. The fourth-order valence-corrected chi connectivity index (χ4v) is 4.06. The Morgan fingerprint density at radius 1 is 0.826 bits per heavy atom. The molecule has 0 aromatic rings. The Balaban J connectivity index is 0. The zero-order valence-electron chi connectivity index (χ0n) is 16.4. The Morgan fingerprint density at radius 3 is 1.48 bits per heavy atom. The van der Waals surface area contributed by atoms with Crippen LogP contribution in [0, 0.1) is 11.8 Å². The van der Waals surface area contributed by atoms with E-state index in [-0.39, 0.29) is 5.91 Å². The number of carbonyl (C=O) groups excluding carboxylic acids is 1. The Kier molecular flexibility index (Phi) is 14.8. The number of rotatable bonds is 0. The highest BCUT2D eigenvalue weighted by Crippen LogP contribution is 2.17. The molecular weight excluding hydrogens is 310 g/mol. The zero-order valence-corrected chi connectivity index (χ0v) is 17.2. The molecule has 0 aromatic carbocycles. The molecule has 0 bridgehead atoms. The summed E-state index contributed by atoms with van der Waals surface area (Å²) in [6, 6.07) is 0. The first-order chi connectivity index (χ1) is 10.8. The average molecular weight is 350 g/mol. The lowest BCUT2D eigenvalue weighted by Gasteiger charge is -2.29. The van der Waals surface area contributed by atoms with Crippen molar-refractivity contribution < 1.29 is 13.2 Å². The molecule has 23 heavy (non-hydrogen) atoms. The van der Waals surface area contributed by atoms with Gasteiger partial charge in [-0.1, -0.05) is 41.5 Å². The first-order valence-corrected chi connectivity index (χ1v) is 11.1. The van der Waals surface area contributed by atoms with E-state index in [1.165, 1.54) is 12.8 Å². The molecule has 2 saturated heterocycles. The summed E-state index contributed by atoms with van der Waals surface area (Å²) in [5.74, 6) is 2.48. The van der Waals surface area contributed by atoms with Crippen molar-refractivity contribution in [3.8, 4) is 0 Å². The largest absolute Gasteiger partial charge is 0.343 e. The number of carbonyl (C=O) groups is 1. The summed E-state index contributed by atoms with van der Waals surface area (Å²) in [5.41, 5.74) is 0. The van der Waals surface area contributed by atoms with Crippen molar-refractivity contribution in [2.75, 3.05) is 24.6 Å². The molecule has 0 unspecified atom stereocenters. The topological polar surface area (TPSA) is 54.5 Å². The van der Waals surface area contributed by atoms with Crippen LogP contribution in [-0.2, 0) is 14.6 Å². The quantitative estimate of drug-likeness (QED) is 0.660. The SMILES string of the molecule is CC.CC.CC(=O)N1CCC(C)CC1.CC1CCS(=O)(=O)CC1. The van der Waals surface area contributed by atoms with Gasteiger partial charge < -0.3 is 4.90 Å². The Bertz CT molecular complexity index is 371. The third-order valence-corrected chi connectivity index (χ3v) is 5.79. The van der Waals surface area contributed by atoms with Crippen LogP contribution < -0.4 is 0 Å². The predicted molar refractivity (Wildman–Crippen MR) is 100 cm³/mol. The third-order valence-electron chi connectivity index (χ3n) is 4.07. The monoisotopic (exact) mass is 349 g/mol. The number of hydrogen-bond donors (Lipinski definition) is 0. The lowest BCUT2D eigenvalue weighted by Crippen LogP contribution is -2.36. The fraction of sp³-hybridized carbons (Fsp3) is 0.944. The molecule has 2 rings (SSSR count). The first kappa shape index (κ1) is 24.7. The van der Waals surface area contributed by atoms with Crippen molar-refractivity contribution >= 4 is 15.7 Å². The minimum absolute atomic E-state index is 0.229. The van der Waals surface area contributed by atoms with E-state index in [1.807, 2.05) is 32.6 Å². The van der Waals surface area contributed by atoms with Gasteiger partial charge in [-0.2, -0.15) is 0 Å². The van der Waals surface area contributed by atoms with Crippen LogP contribution in [0.3, 0.4) is 0 Å². The van der Waals surface area contributed by atoms with Crippen molar-refractivity contribution in [3.05, 3.63) is 0 Å². The Labute approximate surface area is 144 Å². The Hall–Kier alpha value is -0.580. The number of amides is 1. The summed E-state index contributed by atoms with van der Waals surface area (Å²) in [4.78, 5) is 12.8. The summed E-state index contributed by atoms with van der Waals surface area (Å²) in [6.07, 6.45) is 4.09. The minimum Gasteiger partial charge on any atom is -0.343 e. The van der Waals surface area contributed by atoms with Gasteiger partial charge in [0.1, 0.15) is 9.84 Å². The van der Waals surface area contributed by atoms with Crippen molar-refractivity contribution in [2.24, 2.45) is 11.8 Å². The Morgan fingerprint density at radius 2 is 1.17 bits per heavy atom. The van der Waals surface area contributed by atoms with E-state index < -0.39 is 9.84 Å². The van der Waals surface area contributed by atoms with E-state index in [2.05, 4.69) is 13.8 Å². The van der Waals surface area contributed by atoms with Gasteiger partial charge in [0, 0.05) is 20.0 Å². The normalized spacial score (nSPS) is 20.7. The van der Waals surface area contributed by atoms with E-state index in [0.29, 0.717) is 17.4 Å². The van der Waals surface area contributed by atoms with Crippen LogP contribution in [0.4, 0.5) is 0 Å². The molecular formula is C18H39NO3S. The summed E-state index contributed by atoms with van der Waals surface area (Å²) < 4.78 is 21.6. The van der Waals surface area contributed by atoms with E-state index in [0.717, 1.165) is 31.8 Å². The molecule has 0 atom stereocenters. The van der Waals surface area contributed by atoms with E-state index >= 15 is 0 Å². The fourth-order valence-electron chi connectivity index (χ4n) is 2.33. The number of hydrogen-bond acceptors (Lipinski definition) is 3. The molecule has 2 heterocycles. The van der Waals surface area contributed by atoms with Crippen molar-refractivity contribution in [1.29, 1.82) is 0 Å². The van der Waals surface area contributed by atoms with Crippen molar-refractivity contribution in [1.82, 2.24) is 4.90 Å². The summed E-state index contributed by atoms with van der Waals surface area (Å²) >= 11 is 0. The van der Waals surface area contributed by atoms with Crippen LogP contribution >= 0.6 is 0 Å². The molecule has 0 saturated carbocycles. The molecule has 140 valence electrons. The van der Waals surface area contributed by atoms with E-state index in [4.69, 9.17) is 0 Å². The number of piperidine rings is 1. The molecule has 0 N–H and O–H groups in total. The highest BCUT2D eigenvalue weighted by Gasteiger charge is 2.19. The minimum atomic E-state index is -2.62. The van der Waals surface area contributed by atoms with Crippen LogP contribution in [0.1, 0.15) is 74.1 Å². The molecule has 0 aromatic heterocycles. The molecule has 4 nitrogen and oxygen atoms in total. The lowest BCUT2D eigenvalue weighted by atomic mass is 9.99. The third kappa shape index (κ3) is 12.5. The van der Waals surface area contributed by atoms with Gasteiger partial charge >= 0.3 is 0 Å². The summed E-state index contributed by atoms with van der Waals surface area (Å²) in [5, 5.41) is 0. The van der Waals surface area contributed by atoms with Crippen molar-refractivity contribution in [3.63, 3.8) is 0 Å². The van der Waals surface area contributed by atoms with E-state index in [9.17, 15) is 13.2 Å². The molecule has 2 fully saturated rings. The lowest BCUT2D eigenvalue weighted by molar-refractivity contribution is -0.130. The molecule has 2 aliphatic heterocycles. The van der Waals surface area contributed by atoms with Crippen molar-refractivity contribution in [2.45, 2.75) is 74.1 Å². The standard InChI is InChI=1S/C8H15NO.C6H12O2S.2C2H6/c1-7-3-5-9(6-4-7)8(2)10;1-6-2-4-9(7,8)5-3-6;2*1-2/h7H,3-6H2,1-2H3;6H,2-5H2,1H3;2*1-2H3. The van der Waals surface area contributed by atoms with Gasteiger partial charge in [0.25, 0.3) is 0 Å². The molecule has 1 amide bonds. The molecule has 0 aliphatic carbocycles. The number of sulfone groups is 1. The maximum Gasteiger partial charge on any atom is 0.219 e. The van der Waals surface area contributed by atoms with Gasteiger partial charge in [-0.05, 0) is 37.5 Å². The van der Waals surface area contributed by atoms with Gasteiger partial charge in [-0.15, -0.1) is 0 Å². The molecule has 5 heteroatoms. The smallest absolute Gasteiger partial charge is 0.219 e. The maximum atomic E-state index is 10.8. The van der Waals surface area contributed by atoms with Gasteiger partial charge in [0.15, 0.2) is 0 Å². The van der Waals surface area contributed by atoms with Crippen LogP contribution in [0.15, 0.2) is 0 Å². The van der Waals surface area contributed by atoms with Crippen LogP contribution in [0.25, 0.3) is 0 Å². The van der Waals surface area contributed by atoms with Gasteiger partial charge in [0.2, 0.25) is 5.91 Å². The van der Waals surface area contributed by atoms with Gasteiger partial charge in [-0.3, -0.25) is 4.79 Å². The second kappa shape index (κ2) is 13.8.